The Bertz CT molecular complexity index is 551. The summed E-state index contributed by atoms with van der Waals surface area (Å²) in [5.41, 5.74) is -0.410. The number of carbonyl (C=O) groups excluding carboxylic acids is 1. The van der Waals surface area contributed by atoms with Crippen molar-refractivity contribution in [1.29, 1.82) is 0 Å². The molecule has 1 amide bonds. The van der Waals surface area contributed by atoms with Crippen LogP contribution in [0.15, 0.2) is 12.1 Å². The molecule has 2 aliphatic rings. The van der Waals surface area contributed by atoms with E-state index in [-0.39, 0.29) is 6.09 Å². The van der Waals surface area contributed by atoms with Crippen LogP contribution < -0.4 is 5.32 Å². The normalized spacial score (nSPS) is 28.4. The summed E-state index contributed by atoms with van der Waals surface area (Å²) in [6.07, 6.45) is -0.166. The van der Waals surface area contributed by atoms with Gasteiger partial charge >= 0.3 is 6.09 Å². The number of nitrogens with one attached hydrogen (secondary N) is 1. The van der Waals surface area contributed by atoms with E-state index in [0.29, 0.717) is 23.9 Å². The SMILES string of the molecule is Cc1ccc(C(C)NC2C3CN(C(=O)OC(C)(C)C)CC32)s1. The molecule has 2 heterocycles. The first kappa shape index (κ1) is 15.8. The summed E-state index contributed by atoms with van der Waals surface area (Å²) in [5, 5.41) is 3.72. The second kappa shape index (κ2) is 5.53. The summed E-state index contributed by atoms with van der Waals surface area (Å²) < 4.78 is 5.45. The quantitative estimate of drug-likeness (QED) is 0.925. The molecule has 0 spiro atoms. The van der Waals surface area contributed by atoms with Crippen LogP contribution in [0.3, 0.4) is 0 Å². The molecule has 0 bridgehead atoms. The van der Waals surface area contributed by atoms with Gasteiger partial charge in [0.15, 0.2) is 0 Å². The van der Waals surface area contributed by atoms with Crippen LogP contribution in [0.2, 0.25) is 0 Å². The van der Waals surface area contributed by atoms with Gasteiger partial charge in [0.2, 0.25) is 0 Å². The zero-order valence-corrected chi connectivity index (χ0v) is 14.9. The molecule has 4 nitrogen and oxygen atoms in total. The van der Waals surface area contributed by atoms with E-state index in [4.69, 9.17) is 4.74 Å². The maximum absolute atomic E-state index is 12.1. The Morgan fingerprint density at radius 1 is 1.36 bits per heavy atom. The van der Waals surface area contributed by atoms with E-state index in [2.05, 4.69) is 31.3 Å². The maximum Gasteiger partial charge on any atom is 0.410 e. The minimum absolute atomic E-state index is 0.166. The number of amides is 1. The Kier molecular flexibility index (Phi) is 3.98. The first-order valence-electron chi connectivity index (χ1n) is 8.05. The zero-order chi connectivity index (χ0) is 16.1. The van der Waals surface area contributed by atoms with Crippen LogP contribution in [0.25, 0.3) is 0 Å². The first-order valence-corrected chi connectivity index (χ1v) is 8.86. The Balaban J connectivity index is 1.48. The Labute approximate surface area is 136 Å². The number of likely N-dealkylation sites (tertiary alicyclic amines) is 1. The average molecular weight is 322 g/mol. The summed E-state index contributed by atoms with van der Waals surface area (Å²) in [4.78, 5) is 16.7. The lowest BCUT2D eigenvalue weighted by Crippen LogP contribution is -2.39. The van der Waals surface area contributed by atoms with Crippen LogP contribution in [-0.2, 0) is 4.74 Å². The number of aryl methyl sites for hydroxylation is 1. The van der Waals surface area contributed by atoms with Crippen LogP contribution in [0.5, 0.6) is 0 Å². The Morgan fingerprint density at radius 3 is 2.50 bits per heavy atom. The summed E-state index contributed by atoms with van der Waals surface area (Å²) in [5.74, 6) is 1.19. The van der Waals surface area contributed by atoms with Gasteiger partial charge in [0.25, 0.3) is 0 Å². The fraction of sp³-hybridized carbons (Fsp3) is 0.706. The van der Waals surface area contributed by atoms with Crippen LogP contribution in [-0.4, -0.2) is 35.7 Å². The minimum atomic E-state index is -0.410. The third-order valence-electron chi connectivity index (χ3n) is 4.48. The smallest absolute Gasteiger partial charge is 0.410 e. The number of thiophene rings is 1. The molecule has 3 rings (SSSR count). The van der Waals surface area contributed by atoms with Crippen molar-refractivity contribution in [3.05, 3.63) is 21.9 Å². The van der Waals surface area contributed by atoms with Gasteiger partial charge in [-0.15, -0.1) is 11.3 Å². The number of carbonyl (C=O) groups is 1. The number of nitrogens with zero attached hydrogens (tertiary/aromatic N) is 1. The van der Waals surface area contributed by atoms with Gasteiger partial charge in [-0.2, -0.15) is 0 Å². The molecular formula is C17H26N2O2S. The number of hydrogen-bond donors (Lipinski definition) is 1. The molecule has 1 N–H and O–H groups in total. The van der Waals surface area contributed by atoms with Crippen molar-refractivity contribution in [1.82, 2.24) is 10.2 Å². The topological polar surface area (TPSA) is 41.6 Å². The maximum atomic E-state index is 12.1. The lowest BCUT2D eigenvalue weighted by atomic mass is 10.2. The third kappa shape index (κ3) is 3.30. The van der Waals surface area contributed by atoms with E-state index in [1.165, 1.54) is 9.75 Å². The van der Waals surface area contributed by atoms with Crippen molar-refractivity contribution in [2.24, 2.45) is 11.8 Å². The second-order valence-electron chi connectivity index (χ2n) is 7.58. The minimum Gasteiger partial charge on any atom is -0.444 e. The van der Waals surface area contributed by atoms with Crippen LogP contribution in [0.4, 0.5) is 4.79 Å². The van der Waals surface area contributed by atoms with Crippen molar-refractivity contribution in [3.8, 4) is 0 Å². The lowest BCUT2D eigenvalue weighted by Gasteiger charge is -2.26. The highest BCUT2D eigenvalue weighted by Crippen LogP contribution is 2.47. The lowest BCUT2D eigenvalue weighted by molar-refractivity contribution is 0.0269. The molecule has 1 aliphatic heterocycles. The molecule has 22 heavy (non-hydrogen) atoms. The van der Waals surface area contributed by atoms with Crippen LogP contribution >= 0.6 is 11.3 Å². The van der Waals surface area contributed by atoms with Gasteiger partial charge in [-0.05, 0) is 58.6 Å². The molecule has 5 heteroatoms. The molecule has 3 atom stereocenters. The molecule has 2 fully saturated rings. The van der Waals surface area contributed by atoms with Crippen molar-refractivity contribution in [3.63, 3.8) is 0 Å². The summed E-state index contributed by atoms with van der Waals surface area (Å²) >= 11 is 1.86. The van der Waals surface area contributed by atoms with Crippen molar-refractivity contribution < 1.29 is 9.53 Å². The van der Waals surface area contributed by atoms with Gasteiger partial charge < -0.3 is 15.0 Å². The highest BCUT2D eigenvalue weighted by Gasteiger charge is 2.57. The van der Waals surface area contributed by atoms with Gasteiger partial charge in [0, 0.05) is 34.9 Å². The molecule has 1 saturated heterocycles. The monoisotopic (exact) mass is 322 g/mol. The van der Waals surface area contributed by atoms with Crippen LogP contribution in [0.1, 0.15) is 43.5 Å². The molecule has 3 unspecified atom stereocenters. The highest BCUT2D eigenvalue weighted by atomic mass is 32.1. The molecule has 1 aliphatic carbocycles. The fourth-order valence-corrected chi connectivity index (χ4v) is 4.19. The van der Waals surface area contributed by atoms with E-state index in [1.54, 1.807) is 0 Å². The number of ether oxygens (including phenoxy) is 1. The summed E-state index contributed by atoms with van der Waals surface area (Å²) in [6.45, 7) is 11.8. The average Bonchev–Trinajstić information content (AvgIpc) is 2.83. The van der Waals surface area contributed by atoms with Crippen molar-refractivity contribution in [2.75, 3.05) is 13.1 Å². The van der Waals surface area contributed by atoms with E-state index in [1.807, 2.05) is 37.0 Å². The highest BCUT2D eigenvalue weighted by molar-refractivity contribution is 7.12. The molecule has 1 saturated carbocycles. The van der Waals surface area contributed by atoms with E-state index >= 15 is 0 Å². The predicted molar refractivity (Wildman–Crippen MR) is 89.2 cm³/mol. The summed E-state index contributed by atoms with van der Waals surface area (Å²) in [7, 11) is 0. The van der Waals surface area contributed by atoms with Gasteiger partial charge in [0.05, 0.1) is 0 Å². The van der Waals surface area contributed by atoms with Gasteiger partial charge in [-0.25, -0.2) is 4.79 Å². The molecule has 1 aromatic rings. The Hall–Kier alpha value is -1.07. The molecular weight excluding hydrogens is 296 g/mol. The van der Waals surface area contributed by atoms with Gasteiger partial charge in [0.1, 0.15) is 5.60 Å². The first-order chi connectivity index (χ1) is 10.2. The molecule has 0 aromatic carbocycles. The molecule has 0 radical (unpaired) electrons. The van der Waals surface area contributed by atoms with E-state index in [0.717, 1.165) is 13.1 Å². The largest absolute Gasteiger partial charge is 0.444 e. The predicted octanol–water partition coefficient (Wildman–Crippen LogP) is 3.57. The molecule has 1 aromatic heterocycles. The fourth-order valence-electron chi connectivity index (χ4n) is 3.31. The van der Waals surface area contributed by atoms with Crippen LogP contribution in [0, 0.1) is 18.8 Å². The van der Waals surface area contributed by atoms with Crippen molar-refractivity contribution >= 4 is 17.4 Å². The third-order valence-corrected chi connectivity index (χ3v) is 5.66. The number of piperidine rings is 1. The van der Waals surface area contributed by atoms with Gasteiger partial charge in [-0.1, -0.05) is 0 Å². The standard InChI is InChI=1S/C17H26N2O2S/c1-10-6-7-14(22-10)11(2)18-15-12-8-19(9-13(12)15)16(20)21-17(3,4)5/h6-7,11-13,15,18H,8-9H2,1-5H3. The van der Waals surface area contributed by atoms with Crippen molar-refractivity contribution in [2.45, 2.75) is 52.3 Å². The van der Waals surface area contributed by atoms with E-state index in [9.17, 15) is 4.79 Å². The summed E-state index contributed by atoms with van der Waals surface area (Å²) in [6, 6.07) is 5.33. The van der Waals surface area contributed by atoms with Gasteiger partial charge in [-0.3, -0.25) is 0 Å². The zero-order valence-electron chi connectivity index (χ0n) is 14.1. The molecule has 122 valence electrons. The number of hydrogen-bond acceptors (Lipinski definition) is 4. The van der Waals surface area contributed by atoms with E-state index < -0.39 is 5.60 Å². The second-order valence-corrected chi connectivity index (χ2v) is 8.90. The Morgan fingerprint density at radius 2 is 2.00 bits per heavy atom. The number of fused-ring (bicyclic) bond motifs is 1. The number of rotatable bonds is 3.